The molecule has 7 heteroatoms. The van der Waals surface area contributed by atoms with Crippen molar-refractivity contribution in [3.8, 4) is 0 Å². The van der Waals surface area contributed by atoms with Crippen LogP contribution in [0.2, 0.25) is 0 Å². The van der Waals surface area contributed by atoms with Gasteiger partial charge in [0.15, 0.2) is 0 Å². The summed E-state index contributed by atoms with van der Waals surface area (Å²) in [6, 6.07) is 9.39. The lowest BCUT2D eigenvalue weighted by Gasteiger charge is -2.43. The van der Waals surface area contributed by atoms with Crippen LogP contribution in [-0.2, 0) is 25.1 Å². The zero-order valence-electron chi connectivity index (χ0n) is 13.8. The Morgan fingerprint density at radius 1 is 1.25 bits per heavy atom. The first-order chi connectivity index (χ1) is 11.6. The molecule has 2 heterocycles. The van der Waals surface area contributed by atoms with E-state index in [1.807, 2.05) is 30.3 Å². The Labute approximate surface area is 144 Å². The SMILES string of the molecule is COCCC(=O)N1CCC2(CC1)N(c1ccccc1)C(=O)CS2=O. The Hall–Kier alpha value is -1.73. The summed E-state index contributed by atoms with van der Waals surface area (Å²) >= 11 is 0. The summed E-state index contributed by atoms with van der Waals surface area (Å²) in [7, 11) is 0.325. The molecule has 6 nitrogen and oxygen atoms in total. The number of piperidine rings is 1. The van der Waals surface area contributed by atoms with Crippen LogP contribution >= 0.6 is 0 Å². The standard InChI is InChI=1S/C17H22N2O4S/c1-23-12-7-15(20)18-10-8-17(9-11-18)19(16(21)13-24(17)22)14-5-3-2-4-6-14/h2-6H,7-13H2,1H3. The number of para-hydroxylation sites is 1. The Bertz CT molecular complexity index is 641. The molecule has 2 saturated heterocycles. The van der Waals surface area contributed by atoms with E-state index in [1.54, 1.807) is 16.9 Å². The number of carbonyl (C=O) groups excluding carboxylic acids is 2. The van der Waals surface area contributed by atoms with Gasteiger partial charge in [-0.1, -0.05) is 18.2 Å². The molecule has 1 atom stereocenters. The van der Waals surface area contributed by atoms with E-state index in [0.29, 0.717) is 39.0 Å². The molecule has 1 unspecified atom stereocenters. The second kappa shape index (κ2) is 7.03. The van der Waals surface area contributed by atoms with Crippen LogP contribution in [0.4, 0.5) is 5.69 Å². The van der Waals surface area contributed by atoms with E-state index in [9.17, 15) is 13.8 Å². The molecule has 1 aromatic carbocycles. The number of methoxy groups -OCH3 is 1. The predicted octanol–water partition coefficient (Wildman–Crippen LogP) is 1.14. The highest BCUT2D eigenvalue weighted by Crippen LogP contribution is 2.40. The number of amides is 2. The third-order valence-electron chi connectivity index (χ3n) is 4.77. The number of rotatable bonds is 4. The zero-order chi connectivity index (χ0) is 17.2. The number of carbonyl (C=O) groups is 2. The molecule has 0 aromatic heterocycles. The van der Waals surface area contributed by atoms with Crippen molar-refractivity contribution < 1.29 is 18.5 Å². The highest BCUT2D eigenvalue weighted by Gasteiger charge is 2.53. The zero-order valence-corrected chi connectivity index (χ0v) is 14.6. The minimum Gasteiger partial charge on any atom is -0.384 e. The van der Waals surface area contributed by atoms with Crippen LogP contribution in [0.3, 0.4) is 0 Å². The lowest BCUT2D eigenvalue weighted by atomic mass is 10.0. The minimum absolute atomic E-state index is 0.0491. The minimum atomic E-state index is -1.25. The maximum absolute atomic E-state index is 12.7. The third kappa shape index (κ3) is 2.98. The van der Waals surface area contributed by atoms with Gasteiger partial charge in [-0.2, -0.15) is 0 Å². The van der Waals surface area contributed by atoms with E-state index in [1.165, 1.54) is 0 Å². The Morgan fingerprint density at radius 2 is 1.92 bits per heavy atom. The highest BCUT2D eigenvalue weighted by molar-refractivity contribution is 7.88. The molecule has 0 saturated carbocycles. The lowest BCUT2D eigenvalue weighted by molar-refractivity contribution is -0.133. The fourth-order valence-electron chi connectivity index (χ4n) is 3.50. The first kappa shape index (κ1) is 17.1. The number of nitrogens with zero attached hydrogens (tertiary/aromatic N) is 2. The number of likely N-dealkylation sites (tertiary alicyclic amines) is 1. The van der Waals surface area contributed by atoms with Crippen molar-refractivity contribution in [2.24, 2.45) is 0 Å². The van der Waals surface area contributed by atoms with Gasteiger partial charge in [-0.15, -0.1) is 0 Å². The molecule has 2 aliphatic heterocycles. The summed E-state index contributed by atoms with van der Waals surface area (Å²) in [5.74, 6) is 0.0127. The van der Waals surface area contributed by atoms with Crippen LogP contribution in [-0.4, -0.2) is 58.4 Å². The Kier molecular flexibility index (Phi) is 5.01. The maximum Gasteiger partial charge on any atom is 0.240 e. The van der Waals surface area contributed by atoms with Crippen molar-refractivity contribution >= 4 is 28.3 Å². The van der Waals surface area contributed by atoms with Gasteiger partial charge in [0, 0.05) is 38.7 Å². The number of anilines is 1. The molecular weight excluding hydrogens is 328 g/mol. The second-order valence-corrected chi connectivity index (χ2v) is 7.86. The van der Waals surface area contributed by atoms with E-state index >= 15 is 0 Å². The van der Waals surface area contributed by atoms with Gasteiger partial charge in [-0.3, -0.25) is 18.7 Å². The summed E-state index contributed by atoms with van der Waals surface area (Å²) < 4.78 is 17.7. The van der Waals surface area contributed by atoms with E-state index in [2.05, 4.69) is 0 Å². The molecule has 2 aliphatic rings. The largest absolute Gasteiger partial charge is 0.384 e. The van der Waals surface area contributed by atoms with Crippen molar-refractivity contribution in [2.45, 2.75) is 24.1 Å². The predicted molar refractivity (Wildman–Crippen MR) is 92.0 cm³/mol. The average molecular weight is 350 g/mol. The summed E-state index contributed by atoms with van der Waals surface area (Å²) in [5, 5.41) is 0. The number of hydrogen-bond acceptors (Lipinski definition) is 4. The summed E-state index contributed by atoms with van der Waals surface area (Å²) in [6.07, 6.45) is 1.44. The van der Waals surface area contributed by atoms with Crippen LogP contribution in [0.15, 0.2) is 30.3 Å². The third-order valence-corrected chi connectivity index (χ3v) is 6.71. The van der Waals surface area contributed by atoms with E-state index in [4.69, 9.17) is 4.74 Å². The lowest BCUT2D eigenvalue weighted by Crippen LogP contribution is -2.56. The van der Waals surface area contributed by atoms with Crippen molar-refractivity contribution in [3.63, 3.8) is 0 Å². The van der Waals surface area contributed by atoms with Gasteiger partial charge >= 0.3 is 0 Å². The first-order valence-electron chi connectivity index (χ1n) is 8.12. The normalized spacial score (nSPS) is 23.0. The molecule has 0 radical (unpaired) electrons. The number of benzene rings is 1. The van der Waals surface area contributed by atoms with Gasteiger partial charge < -0.3 is 9.64 Å². The van der Waals surface area contributed by atoms with Crippen molar-refractivity contribution in [1.82, 2.24) is 4.90 Å². The molecule has 2 fully saturated rings. The summed E-state index contributed by atoms with van der Waals surface area (Å²) in [5.41, 5.74) is 0.785. The van der Waals surface area contributed by atoms with E-state index in [0.717, 1.165) is 5.69 Å². The molecule has 130 valence electrons. The second-order valence-electron chi connectivity index (χ2n) is 6.12. The van der Waals surface area contributed by atoms with Crippen molar-refractivity contribution in [2.75, 3.05) is 37.5 Å². The van der Waals surface area contributed by atoms with Crippen LogP contribution in [0.5, 0.6) is 0 Å². The Morgan fingerprint density at radius 3 is 2.54 bits per heavy atom. The highest BCUT2D eigenvalue weighted by atomic mass is 32.2. The van der Waals surface area contributed by atoms with Crippen LogP contribution in [0.1, 0.15) is 19.3 Å². The van der Waals surface area contributed by atoms with Gasteiger partial charge in [0.05, 0.1) is 23.8 Å². The molecule has 0 aliphatic carbocycles. The Balaban J connectivity index is 1.78. The van der Waals surface area contributed by atoms with Crippen LogP contribution in [0, 0.1) is 0 Å². The summed E-state index contributed by atoms with van der Waals surface area (Å²) in [6.45, 7) is 1.44. The average Bonchev–Trinajstić information content (AvgIpc) is 2.84. The quantitative estimate of drug-likeness (QED) is 0.817. The maximum atomic E-state index is 12.7. The first-order valence-corrected chi connectivity index (χ1v) is 9.44. The molecule has 0 bridgehead atoms. The molecule has 1 spiro atoms. The topological polar surface area (TPSA) is 66.9 Å². The molecule has 24 heavy (non-hydrogen) atoms. The fraction of sp³-hybridized carbons (Fsp3) is 0.529. The van der Waals surface area contributed by atoms with Crippen LogP contribution in [0.25, 0.3) is 0 Å². The van der Waals surface area contributed by atoms with Gasteiger partial charge in [0.25, 0.3) is 0 Å². The monoisotopic (exact) mass is 350 g/mol. The van der Waals surface area contributed by atoms with Gasteiger partial charge in [0.1, 0.15) is 10.6 Å². The van der Waals surface area contributed by atoms with E-state index in [-0.39, 0.29) is 17.6 Å². The molecule has 3 rings (SSSR count). The van der Waals surface area contributed by atoms with Crippen molar-refractivity contribution in [1.29, 1.82) is 0 Å². The van der Waals surface area contributed by atoms with Gasteiger partial charge in [0.2, 0.25) is 11.8 Å². The smallest absolute Gasteiger partial charge is 0.240 e. The molecular formula is C17H22N2O4S. The number of ether oxygens (including phenoxy) is 1. The molecule has 0 N–H and O–H groups in total. The summed E-state index contributed by atoms with van der Waals surface area (Å²) in [4.78, 5) is 27.4. The van der Waals surface area contributed by atoms with Crippen molar-refractivity contribution in [3.05, 3.63) is 30.3 Å². The van der Waals surface area contributed by atoms with Gasteiger partial charge in [-0.05, 0) is 12.1 Å². The molecule has 1 aromatic rings. The van der Waals surface area contributed by atoms with E-state index < -0.39 is 15.7 Å². The van der Waals surface area contributed by atoms with Crippen LogP contribution < -0.4 is 4.90 Å². The fourth-order valence-corrected chi connectivity index (χ4v) is 5.17. The molecule has 2 amide bonds. The number of hydrogen-bond donors (Lipinski definition) is 0. The van der Waals surface area contributed by atoms with Gasteiger partial charge in [-0.25, -0.2) is 0 Å².